The maximum Gasteiger partial charge on any atom is 0.121 e. The summed E-state index contributed by atoms with van der Waals surface area (Å²) in [7, 11) is 0. The predicted molar refractivity (Wildman–Crippen MR) is 148 cm³/mol. The molecule has 0 bridgehead atoms. The van der Waals surface area contributed by atoms with Gasteiger partial charge in [-0.1, -0.05) is 125 Å². The molecule has 0 spiro atoms. The van der Waals surface area contributed by atoms with E-state index in [1.807, 2.05) is 36.4 Å². The first kappa shape index (κ1) is 29.3. The van der Waals surface area contributed by atoms with Gasteiger partial charge in [-0.3, -0.25) is 0 Å². The van der Waals surface area contributed by atoms with Crippen LogP contribution in [0.15, 0.2) is 60.7 Å². The van der Waals surface area contributed by atoms with Crippen LogP contribution in [0.2, 0.25) is 0 Å². The molecule has 0 radical (unpaired) electrons. The Hall–Kier alpha value is -2.74. The highest BCUT2D eigenvalue weighted by atomic mass is 16.3. The Balaban J connectivity index is 0.000000263. The number of benzene rings is 3. The summed E-state index contributed by atoms with van der Waals surface area (Å²) < 4.78 is 0. The highest BCUT2D eigenvalue weighted by Gasteiger charge is 2.05. The average Bonchev–Trinajstić information content (AvgIpc) is 2.82. The van der Waals surface area contributed by atoms with Gasteiger partial charge in [-0.25, -0.2) is 0 Å². The van der Waals surface area contributed by atoms with Crippen LogP contribution in [0.25, 0.3) is 0 Å². The Labute approximate surface area is 208 Å². The maximum atomic E-state index is 9.85. The molecular formula is C32H46O2. The normalized spacial score (nSPS) is 10.1. The number of rotatable bonds is 8. The van der Waals surface area contributed by atoms with E-state index < -0.39 is 0 Å². The van der Waals surface area contributed by atoms with Gasteiger partial charge in [0.2, 0.25) is 0 Å². The number of aryl methyl sites for hydroxylation is 6. The summed E-state index contributed by atoms with van der Waals surface area (Å²) >= 11 is 0. The van der Waals surface area contributed by atoms with E-state index in [4.69, 9.17) is 0 Å². The van der Waals surface area contributed by atoms with Crippen molar-refractivity contribution in [3.63, 3.8) is 0 Å². The number of hydrogen-bond acceptors (Lipinski definition) is 2. The van der Waals surface area contributed by atoms with Gasteiger partial charge in [-0.05, 0) is 61.8 Å². The molecule has 0 unspecified atom stereocenters. The lowest BCUT2D eigenvalue weighted by Gasteiger charge is -2.07. The van der Waals surface area contributed by atoms with Crippen LogP contribution in [0, 0.1) is 13.8 Å². The summed E-state index contributed by atoms with van der Waals surface area (Å²) in [6.45, 7) is 12.7. The summed E-state index contributed by atoms with van der Waals surface area (Å²) in [5.41, 5.74) is 7.02. The summed E-state index contributed by atoms with van der Waals surface area (Å²) in [4.78, 5) is 0. The highest BCUT2D eigenvalue weighted by molar-refractivity contribution is 5.41. The van der Waals surface area contributed by atoms with Crippen LogP contribution in [0.3, 0.4) is 0 Å². The van der Waals surface area contributed by atoms with Crippen LogP contribution in [-0.2, 0) is 25.7 Å². The van der Waals surface area contributed by atoms with Crippen molar-refractivity contribution in [2.24, 2.45) is 0 Å². The third-order valence-electron chi connectivity index (χ3n) is 5.70. The number of hydrogen-bond donors (Lipinski definition) is 2. The van der Waals surface area contributed by atoms with Crippen molar-refractivity contribution < 1.29 is 10.2 Å². The van der Waals surface area contributed by atoms with Gasteiger partial charge in [0.05, 0.1) is 0 Å². The van der Waals surface area contributed by atoms with Crippen molar-refractivity contribution in [2.75, 3.05) is 0 Å². The molecule has 0 atom stereocenters. The standard InChI is InChI=1S/2C12H18O.C8H10/c2*1-3-6-10-8-5-9-11(7-4-2)12(10)13;1-7-3-5-8(2)6-4-7/h2*5,8-9,13H,3-4,6-7H2,1-2H3;3-6H,1-2H3. The lowest BCUT2D eigenvalue weighted by atomic mass is 10.0. The maximum absolute atomic E-state index is 9.85. The molecule has 2 heteroatoms. The second kappa shape index (κ2) is 16.8. The molecule has 0 saturated carbocycles. The second-order valence-corrected chi connectivity index (χ2v) is 9.00. The molecule has 186 valence electrons. The Morgan fingerprint density at radius 1 is 0.441 bits per heavy atom. The number of aromatic hydroxyl groups is 2. The van der Waals surface area contributed by atoms with Crippen LogP contribution in [0.1, 0.15) is 86.8 Å². The molecule has 2 nitrogen and oxygen atoms in total. The van der Waals surface area contributed by atoms with Crippen LogP contribution in [0.5, 0.6) is 11.5 Å². The number of para-hydroxylation sites is 2. The number of phenolic OH excluding ortho intramolecular Hbond substituents is 2. The Morgan fingerprint density at radius 2 is 0.676 bits per heavy atom. The van der Waals surface area contributed by atoms with Crippen LogP contribution in [0.4, 0.5) is 0 Å². The molecule has 0 amide bonds. The van der Waals surface area contributed by atoms with Gasteiger partial charge in [-0.2, -0.15) is 0 Å². The van der Waals surface area contributed by atoms with Crippen molar-refractivity contribution in [1.29, 1.82) is 0 Å². The van der Waals surface area contributed by atoms with E-state index >= 15 is 0 Å². The van der Waals surface area contributed by atoms with Gasteiger partial charge in [0.1, 0.15) is 11.5 Å². The van der Waals surface area contributed by atoms with Crippen LogP contribution < -0.4 is 0 Å². The first-order valence-electron chi connectivity index (χ1n) is 13.0. The quantitative estimate of drug-likeness (QED) is 0.351. The van der Waals surface area contributed by atoms with E-state index in [1.54, 1.807) is 0 Å². The summed E-state index contributed by atoms with van der Waals surface area (Å²) in [5.74, 6) is 1.04. The third kappa shape index (κ3) is 10.5. The molecule has 0 heterocycles. The van der Waals surface area contributed by atoms with E-state index in [2.05, 4.69) is 65.8 Å². The summed E-state index contributed by atoms with van der Waals surface area (Å²) in [6, 6.07) is 20.6. The van der Waals surface area contributed by atoms with E-state index in [9.17, 15) is 10.2 Å². The van der Waals surface area contributed by atoms with E-state index in [0.717, 1.165) is 73.6 Å². The number of phenols is 2. The SMILES string of the molecule is CCCc1cccc(CCC)c1O.CCCc1cccc(CCC)c1O.Cc1ccc(C)cc1. The zero-order valence-electron chi connectivity index (χ0n) is 22.3. The van der Waals surface area contributed by atoms with Crippen molar-refractivity contribution in [3.8, 4) is 11.5 Å². The van der Waals surface area contributed by atoms with E-state index in [0.29, 0.717) is 11.5 Å². The first-order chi connectivity index (χ1) is 16.4. The zero-order chi connectivity index (χ0) is 25.3. The van der Waals surface area contributed by atoms with Gasteiger partial charge in [0, 0.05) is 0 Å². The van der Waals surface area contributed by atoms with Gasteiger partial charge < -0.3 is 10.2 Å². The van der Waals surface area contributed by atoms with Crippen molar-refractivity contribution in [2.45, 2.75) is 92.9 Å². The minimum absolute atomic E-state index is 0.520. The van der Waals surface area contributed by atoms with Crippen LogP contribution >= 0.6 is 0 Å². The lowest BCUT2D eigenvalue weighted by molar-refractivity contribution is 0.459. The smallest absolute Gasteiger partial charge is 0.121 e. The monoisotopic (exact) mass is 462 g/mol. The average molecular weight is 463 g/mol. The van der Waals surface area contributed by atoms with E-state index in [1.165, 1.54) is 11.1 Å². The molecule has 0 aliphatic heterocycles. The van der Waals surface area contributed by atoms with Crippen molar-refractivity contribution in [1.82, 2.24) is 0 Å². The molecule has 0 aliphatic carbocycles. The Morgan fingerprint density at radius 3 is 0.882 bits per heavy atom. The fourth-order valence-corrected chi connectivity index (χ4v) is 3.81. The fraction of sp³-hybridized carbons (Fsp3) is 0.438. The molecule has 34 heavy (non-hydrogen) atoms. The summed E-state index contributed by atoms with van der Waals surface area (Å²) in [6.07, 6.45) is 8.25. The minimum atomic E-state index is 0.520. The molecule has 2 N–H and O–H groups in total. The molecule has 0 saturated heterocycles. The van der Waals surface area contributed by atoms with Gasteiger partial charge in [-0.15, -0.1) is 0 Å². The minimum Gasteiger partial charge on any atom is -0.507 e. The first-order valence-corrected chi connectivity index (χ1v) is 13.0. The van der Waals surface area contributed by atoms with Gasteiger partial charge in [0.25, 0.3) is 0 Å². The largest absolute Gasteiger partial charge is 0.507 e. The van der Waals surface area contributed by atoms with Crippen molar-refractivity contribution >= 4 is 0 Å². The molecule has 0 aliphatic rings. The third-order valence-corrected chi connectivity index (χ3v) is 5.70. The molecule has 3 aromatic carbocycles. The zero-order valence-corrected chi connectivity index (χ0v) is 22.3. The van der Waals surface area contributed by atoms with E-state index in [-0.39, 0.29) is 0 Å². The molecule has 3 aromatic rings. The topological polar surface area (TPSA) is 40.5 Å². The Bertz CT molecular complexity index is 815. The van der Waals surface area contributed by atoms with Gasteiger partial charge >= 0.3 is 0 Å². The van der Waals surface area contributed by atoms with Crippen LogP contribution in [-0.4, -0.2) is 10.2 Å². The Kier molecular flexibility index (Phi) is 14.5. The fourth-order valence-electron chi connectivity index (χ4n) is 3.81. The second-order valence-electron chi connectivity index (χ2n) is 9.00. The molecule has 0 aromatic heterocycles. The van der Waals surface area contributed by atoms with Gasteiger partial charge in [0.15, 0.2) is 0 Å². The summed E-state index contributed by atoms with van der Waals surface area (Å²) in [5, 5.41) is 19.7. The molecular weight excluding hydrogens is 416 g/mol. The predicted octanol–water partition coefficient (Wildman–Crippen LogP) is 8.90. The van der Waals surface area contributed by atoms with Crippen molar-refractivity contribution in [3.05, 3.63) is 94.0 Å². The lowest BCUT2D eigenvalue weighted by Crippen LogP contribution is -1.90. The molecule has 3 rings (SSSR count). The molecule has 0 fully saturated rings. The highest BCUT2D eigenvalue weighted by Crippen LogP contribution is 2.25.